The molecule has 0 saturated heterocycles. The Morgan fingerprint density at radius 1 is 1.07 bits per heavy atom. The molecule has 1 fully saturated rings. The smallest absolute Gasteiger partial charge is 0.341 e. The monoisotopic (exact) mass is 404 g/mol. The van der Waals surface area contributed by atoms with Gasteiger partial charge in [-0.15, -0.1) is 0 Å². The van der Waals surface area contributed by atoms with E-state index in [1.165, 1.54) is 12.1 Å². The Balaban J connectivity index is 1.76. The van der Waals surface area contributed by atoms with E-state index in [1.807, 2.05) is 30.3 Å². The molecular formula is C21H22F2N2O2S. The van der Waals surface area contributed by atoms with E-state index in [1.54, 1.807) is 12.1 Å². The first kappa shape index (κ1) is 20.3. The van der Waals surface area contributed by atoms with E-state index in [2.05, 4.69) is 11.4 Å². The van der Waals surface area contributed by atoms with Gasteiger partial charge in [-0.05, 0) is 55.5 Å². The number of anilines is 1. The minimum absolute atomic E-state index is 0.299. The molecule has 0 aliphatic heterocycles. The van der Waals surface area contributed by atoms with Gasteiger partial charge in [0.1, 0.15) is 0 Å². The van der Waals surface area contributed by atoms with Gasteiger partial charge in [-0.2, -0.15) is 14.0 Å². The fourth-order valence-electron chi connectivity index (χ4n) is 3.90. The minimum atomic E-state index is -4.61. The number of hydrogen-bond acceptors (Lipinski definition) is 4. The molecule has 0 aromatic heterocycles. The maximum absolute atomic E-state index is 12.7. The number of alkyl halides is 2. The molecule has 1 saturated carbocycles. The molecule has 7 heteroatoms. The normalized spacial score (nSPS) is 22.6. The predicted octanol–water partition coefficient (Wildman–Crippen LogP) is 4.89. The van der Waals surface area contributed by atoms with Gasteiger partial charge < -0.3 is 5.32 Å². The molecule has 0 radical (unpaired) electrons. The Bertz CT molecular complexity index is 931. The average Bonchev–Trinajstić information content (AvgIpc) is 2.70. The largest absolute Gasteiger partial charge is 0.382 e. The van der Waals surface area contributed by atoms with Gasteiger partial charge in [0.2, 0.25) is 9.84 Å². The first-order chi connectivity index (χ1) is 13.4. The van der Waals surface area contributed by atoms with E-state index in [4.69, 9.17) is 0 Å². The van der Waals surface area contributed by atoms with E-state index in [0.29, 0.717) is 12.5 Å². The zero-order valence-electron chi connectivity index (χ0n) is 15.3. The summed E-state index contributed by atoms with van der Waals surface area (Å²) < 4.78 is 48.7. The fourth-order valence-corrected chi connectivity index (χ4v) is 4.63. The van der Waals surface area contributed by atoms with Crippen LogP contribution in [0.3, 0.4) is 0 Å². The van der Waals surface area contributed by atoms with Crippen LogP contribution >= 0.6 is 0 Å². The van der Waals surface area contributed by atoms with Crippen molar-refractivity contribution in [2.75, 3.05) is 5.32 Å². The third-order valence-electron chi connectivity index (χ3n) is 5.53. The zero-order chi connectivity index (χ0) is 20.2. The van der Waals surface area contributed by atoms with E-state index < -0.39 is 20.5 Å². The van der Waals surface area contributed by atoms with Crippen molar-refractivity contribution >= 4 is 15.5 Å². The molecule has 0 bridgehead atoms. The Labute approximate surface area is 164 Å². The highest BCUT2D eigenvalue weighted by molar-refractivity contribution is 7.91. The first-order valence-electron chi connectivity index (χ1n) is 9.18. The maximum atomic E-state index is 12.7. The maximum Gasteiger partial charge on any atom is 0.341 e. The third-order valence-corrected chi connectivity index (χ3v) is 6.93. The summed E-state index contributed by atoms with van der Waals surface area (Å²) in [5.41, 5.74) is 1.51. The van der Waals surface area contributed by atoms with Crippen LogP contribution < -0.4 is 5.32 Å². The summed E-state index contributed by atoms with van der Waals surface area (Å²) in [6.45, 7) is 0. The number of sulfone groups is 1. The second-order valence-electron chi connectivity index (χ2n) is 7.23. The van der Waals surface area contributed by atoms with Crippen LogP contribution in [-0.2, 0) is 15.3 Å². The number of benzene rings is 2. The Hall–Kier alpha value is -2.46. The van der Waals surface area contributed by atoms with Crippen LogP contribution in [0.1, 0.15) is 37.7 Å². The van der Waals surface area contributed by atoms with Crippen molar-refractivity contribution < 1.29 is 17.2 Å². The van der Waals surface area contributed by atoms with Gasteiger partial charge in [0, 0.05) is 23.6 Å². The third kappa shape index (κ3) is 4.17. The molecule has 1 aliphatic rings. The molecule has 0 unspecified atom stereocenters. The predicted molar refractivity (Wildman–Crippen MR) is 104 cm³/mol. The molecule has 0 atom stereocenters. The number of rotatable bonds is 6. The number of nitrogens with one attached hydrogen (secondary N) is 1. The average molecular weight is 404 g/mol. The van der Waals surface area contributed by atoms with Gasteiger partial charge in [0.05, 0.1) is 11.0 Å². The van der Waals surface area contributed by atoms with Crippen LogP contribution in [0.25, 0.3) is 0 Å². The Morgan fingerprint density at radius 2 is 1.68 bits per heavy atom. The van der Waals surface area contributed by atoms with Gasteiger partial charge in [0.15, 0.2) is 0 Å². The zero-order valence-corrected chi connectivity index (χ0v) is 16.1. The molecule has 148 valence electrons. The molecule has 2 aromatic rings. The van der Waals surface area contributed by atoms with Crippen LogP contribution in [0, 0.1) is 11.3 Å². The lowest BCUT2D eigenvalue weighted by Crippen LogP contribution is -2.36. The van der Waals surface area contributed by atoms with Gasteiger partial charge >= 0.3 is 5.76 Å². The van der Waals surface area contributed by atoms with Gasteiger partial charge in [-0.1, -0.05) is 30.3 Å². The summed E-state index contributed by atoms with van der Waals surface area (Å²) in [4.78, 5) is -0.391. The lowest BCUT2D eigenvalue weighted by Gasteiger charge is -2.40. The summed E-state index contributed by atoms with van der Waals surface area (Å²) in [5.74, 6) is -3.44. The van der Waals surface area contributed by atoms with Crippen molar-refractivity contribution in [3.05, 3.63) is 60.2 Å². The van der Waals surface area contributed by atoms with Crippen LogP contribution in [0.15, 0.2) is 59.5 Å². The van der Waals surface area contributed by atoms with Crippen molar-refractivity contribution in [3.63, 3.8) is 0 Å². The highest BCUT2D eigenvalue weighted by Crippen LogP contribution is 2.43. The van der Waals surface area contributed by atoms with Crippen molar-refractivity contribution in [3.8, 4) is 6.07 Å². The number of para-hydroxylation sites is 1. The van der Waals surface area contributed by atoms with Gasteiger partial charge in [0.25, 0.3) is 0 Å². The molecule has 0 heterocycles. The molecule has 1 N–H and O–H groups in total. The lowest BCUT2D eigenvalue weighted by molar-refractivity contribution is 0.234. The van der Waals surface area contributed by atoms with Crippen molar-refractivity contribution in [2.24, 2.45) is 0 Å². The molecule has 28 heavy (non-hydrogen) atoms. The summed E-state index contributed by atoms with van der Waals surface area (Å²) in [6.07, 6.45) is 3.59. The number of halogens is 2. The molecule has 0 amide bonds. The van der Waals surface area contributed by atoms with Crippen molar-refractivity contribution in [1.29, 1.82) is 5.26 Å². The molecule has 0 spiro atoms. The highest BCUT2D eigenvalue weighted by Gasteiger charge is 2.37. The quantitative estimate of drug-likeness (QED) is 0.744. The number of hydrogen-bond donors (Lipinski definition) is 1. The minimum Gasteiger partial charge on any atom is -0.382 e. The Morgan fingerprint density at radius 3 is 2.21 bits per heavy atom. The van der Waals surface area contributed by atoms with Gasteiger partial charge in [-0.25, -0.2) is 8.42 Å². The molecule has 3 rings (SSSR count). The number of nitriles is 1. The van der Waals surface area contributed by atoms with Crippen LogP contribution in [0.2, 0.25) is 0 Å². The van der Waals surface area contributed by atoms with Crippen molar-refractivity contribution in [1.82, 2.24) is 0 Å². The fraction of sp³-hybridized carbons (Fsp3) is 0.381. The standard InChI is InChI=1S/C21H22F2N2O2S/c22-20(23)28(26,27)19-8-6-16(7-9-19)21(14-15-24)12-10-18(11-13-21)25-17-4-2-1-3-5-17/h1-9,18,20,25H,10-14H2. The lowest BCUT2D eigenvalue weighted by atomic mass is 9.66. The second-order valence-corrected chi connectivity index (χ2v) is 9.15. The molecule has 1 aliphatic carbocycles. The van der Waals surface area contributed by atoms with Crippen molar-refractivity contribution in [2.45, 2.75) is 54.2 Å². The highest BCUT2D eigenvalue weighted by atomic mass is 32.2. The van der Waals surface area contributed by atoms with Crippen LogP contribution in [0.5, 0.6) is 0 Å². The summed E-state index contributed by atoms with van der Waals surface area (Å²) in [6, 6.07) is 18.1. The molecule has 4 nitrogen and oxygen atoms in total. The second kappa shape index (κ2) is 8.27. The topological polar surface area (TPSA) is 70.0 Å². The van der Waals surface area contributed by atoms with E-state index >= 15 is 0 Å². The summed E-state index contributed by atoms with van der Waals surface area (Å²) in [5, 5.41) is 12.9. The SMILES string of the molecule is N#CCC1(c2ccc(S(=O)(=O)C(F)F)cc2)CCC(Nc2ccccc2)CC1. The van der Waals surface area contributed by atoms with Crippen LogP contribution in [-0.4, -0.2) is 20.2 Å². The van der Waals surface area contributed by atoms with E-state index in [0.717, 1.165) is 36.9 Å². The van der Waals surface area contributed by atoms with Gasteiger partial charge in [-0.3, -0.25) is 0 Å². The molecule has 2 aromatic carbocycles. The van der Waals surface area contributed by atoms with Crippen LogP contribution in [0.4, 0.5) is 14.5 Å². The first-order valence-corrected chi connectivity index (χ1v) is 10.7. The summed E-state index contributed by atoms with van der Waals surface area (Å²) >= 11 is 0. The molecular weight excluding hydrogens is 382 g/mol. The number of nitrogens with zero attached hydrogens (tertiary/aromatic N) is 1. The Kier molecular flexibility index (Phi) is 5.99. The summed E-state index contributed by atoms with van der Waals surface area (Å²) in [7, 11) is -4.61. The van der Waals surface area contributed by atoms with E-state index in [-0.39, 0.29) is 5.41 Å². The van der Waals surface area contributed by atoms with E-state index in [9.17, 15) is 22.5 Å².